The smallest absolute Gasteiger partial charge is 0.255 e. The van der Waals surface area contributed by atoms with Crippen molar-refractivity contribution < 1.29 is 17.9 Å². The average Bonchev–Trinajstić information content (AvgIpc) is 2.77. The van der Waals surface area contributed by atoms with Crippen LogP contribution in [0.3, 0.4) is 0 Å². The number of hydrogen-bond donors (Lipinski definition) is 1. The molecule has 1 fully saturated rings. The highest BCUT2D eigenvalue weighted by Gasteiger charge is 2.39. The van der Waals surface area contributed by atoms with E-state index in [1.54, 1.807) is 6.92 Å². The molecule has 0 saturated carbocycles. The molecule has 0 spiro atoms. The first-order chi connectivity index (χ1) is 9.37. The molecule has 1 N–H and O–H groups in total. The third kappa shape index (κ3) is 2.82. The van der Waals surface area contributed by atoms with E-state index in [4.69, 9.17) is 16.3 Å². The monoisotopic (exact) mass is 339 g/mol. The number of nitrogens with zero attached hydrogens (tertiary/aromatic N) is 2. The molecule has 0 bridgehead atoms. The number of aromatic nitrogens is 1. The number of hydrogen-bond acceptors (Lipinski definition) is 6. The van der Waals surface area contributed by atoms with Crippen LogP contribution in [0.1, 0.15) is 5.69 Å². The Bertz CT molecular complexity index is 616. The Labute approximate surface area is 125 Å². The lowest BCUT2D eigenvalue weighted by Crippen LogP contribution is -2.55. The molecule has 1 atom stereocenters. The number of amides is 1. The molecular weight excluding hydrogens is 326 g/mol. The van der Waals surface area contributed by atoms with Gasteiger partial charge in [0.2, 0.25) is 5.91 Å². The second-order valence-corrected chi connectivity index (χ2v) is 7.83. The van der Waals surface area contributed by atoms with Crippen LogP contribution in [0.15, 0.2) is 4.21 Å². The zero-order valence-electron chi connectivity index (χ0n) is 10.9. The lowest BCUT2D eigenvalue weighted by molar-refractivity contribution is -0.128. The highest BCUT2D eigenvalue weighted by atomic mass is 35.5. The zero-order chi connectivity index (χ0) is 14.9. The van der Waals surface area contributed by atoms with Gasteiger partial charge in [-0.15, -0.1) is 0 Å². The van der Waals surface area contributed by atoms with E-state index in [9.17, 15) is 13.2 Å². The number of thiazole rings is 1. The number of ether oxygens (including phenoxy) is 1. The van der Waals surface area contributed by atoms with Crippen molar-refractivity contribution in [3.8, 4) is 0 Å². The maximum atomic E-state index is 12.7. The van der Waals surface area contributed by atoms with Gasteiger partial charge in [0.1, 0.15) is 6.04 Å². The molecule has 10 heteroatoms. The summed E-state index contributed by atoms with van der Waals surface area (Å²) >= 11 is 6.65. The molecule has 1 unspecified atom stereocenters. The Hall–Kier alpha value is -0.740. The molecule has 2 rings (SSSR count). The van der Waals surface area contributed by atoms with E-state index in [1.165, 1.54) is 7.05 Å². The molecule has 1 aromatic heterocycles. The third-order valence-electron chi connectivity index (χ3n) is 2.90. The van der Waals surface area contributed by atoms with Gasteiger partial charge >= 0.3 is 0 Å². The lowest BCUT2D eigenvalue weighted by atomic mass is 10.2. The van der Waals surface area contributed by atoms with Crippen LogP contribution in [0.5, 0.6) is 0 Å². The van der Waals surface area contributed by atoms with Crippen LogP contribution < -0.4 is 5.32 Å². The Morgan fingerprint density at radius 1 is 1.60 bits per heavy atom. The maximum absolute atomic E-state index is 12.7. The standard InChI is InChI=1S/C10H14ClN3O4S2/c1-6-9(19-10(11)13-6)20(16,17)14-3-4-18-5-7(14)8(15)12-2/h7H,3-5H2,1-2H3,(H,12,15). The number of likely N-dealkylation sites (N-methyl/N-ethyl adjacent to an activating group) is 1. The largest absolute Gasteiger partial charge is 0.378 e. The summed E-state index contributed by atoms with van der Waals surface area (Å²) in [6.45, 7) is 1.97. The second-order valence-electron chi connectivity index (χ2n) is 4.16. The molecule has 20 heavy (non-hydrogen) atoms. The van der Waals surface area contributed by atoms with Crippen molar-refractivity contribution in [1.29, 1.82) is 0 Å². The summed E-state index contributed by atoms with van der Waals surface area (Å²) in [4.78, 5) is 15.7. The molecule has 1 saturated heterocycles. The molecule has 1 aliphatic heterocycles. The summed E-state index contributed by atoms with van der Waals surface area (Å²) in [5.41, 5.74) is 0.335. The Morgan fingerprint density at radius 3 is 2.85 bits per heavy atom. The highest BCUT2D eigenvalue weighted by Crippen LogP contribution is 2.30. The van der Waals surface area contributed by atoms with Gasteiger partial charge in [-0.25, -0.2) is 13.4 Å². The minimum absolute atomic E-state index is 0.0322. The SMILES string of the molecule is CNC(=O)C1COCCN1S(=O)(=O)c1sc(Cl)nc1C. The van der Waals surface area contributed by atoms with Crippen LogP contribution in [0.2, 0.25) is 4.47 Å². The Kier molecular flexibility index (Phi) is 4.65. The van der Waals surface area contributed by atoms with Crippen LogP contribution in [0.4, 0.5) is 0 Å². The predicted octanol–water partition coefficient (Wildman–Crippen LogP) is 0.240. The van der Waals surface area contributed by atoms with E-state index >= 15 is 0 Å². The fourth-order valence-corrected chi connectivity index (χ4v) is 5.35. The van der Waals surface area contributed by atoms with Crippen molar-refractivity contribution in [3.63, 3.8) is 0 Å². The van der Waals surface area contributed by atoms with E-state index in [-0.39, 0.29) is 28.4 Å². The molecular formula is C10H14ClN3O4S2. The number of morpholine rings is 1. The van der Waals surface area contributed by atoms with Gasteiger partial charge in [-0.3, -0.25) is 4.79 Å². The van der Waals surface area contributed by atoms with Crippen LogP contribution in [-0.4, -0.2) is 56.5 Å². The fraction of sp³-hybridized carbons (Fsp3) is 0.600. The number of rotatable bonds is 3. The molecule has 1 amide bonds. The number of carbonyl (C=O) groups excluding carboxylic acids is 1. The van der Waals surface area contributed by atoms with E-state index in [2.05, 4.69) is 10.3 Å². The van der Waals surface area contributed by atoms with Crippen LogP contribution in [0.25, 0.3) is 0 Å². The minimum Gasteiger partial charge on any atom is -0.378 e. The van der Waals surface area contributed by atoms with Gasteiger partial charge < -0.3 is 10.1 Å². The van der Waals surface area contributed by atoms with Gasteiger partial charge in [0.25, 0.3) is 10.0 Å². The van der Waals surface area contributed by atoms with Crippen molar-refractivity contribution in [1.82, 2.24) is 14.6 Å². The number of halogens is 1. The summed E-state index contributed by atoms with van der Waals surface area (Å²) < 4.78 is 31.9. The Balaban J connectivity index is 2.40. The molecule has 0 radical (unpaired) electrons. The summed E-state index contributed by atoms with van der Waals surface area (Å²) in [6, 6.07) is -0.876. The van der Waals surface area contributed by atoms with Gasteiger partial charge in [-0.2, -0.15) is 4.31 Å². The quantitative estimate of drug-likeness (QED) is 0.852. The van der Waals surface area contributed by atoms with Crippen molar-refractivity contribution in [3.05, 3.63) is 10.2 Å². The second kappa shape index (κ2) is 5.94. The first kappa shape index (κ1) is 15.6. The van der Waals surface area contributed by atoms with E-state index < -0.39 is 22.0 Å². The van der Waals surface area contributed by atoms with Gasteiger partial charge in [-0.1, -0.05) is 22.9 Å². The fourth-order valence-electron chi connectivity index (χ4n) is 1.95. The highest BCUT2D eigenvalue weighted by molar-refractivity contribution is 7.91. The summed E-state index contributed by atoms with van der Waals surface area (Å²) in [6.07, 6.45) is 0. The molecule has 0 aliphatic carbocycles. The predicted molar refractivity (Wildman–Crippen MR) is 74.4 cm³/mol. The van der Waals surface area contributed by atoms with E-state index in [0.717, 1.165) is 15.6 Å². The summed E-state index contributed by atoms with van der Waals surface area (Å²) in [5, 5.41) is 2.44. The molecule has 112 valence electrons. The Morgan fingerprint density at radius 2 is 2.30 bits per heavy atom. The van der Waals surface area contributed by atoms with Crippen molar-refractivity contribution in [2.75, 3.05) is 26.8 Å². The van der Waals surface area contributed by atoms with Crippen molar-refractivity contribution >= 4 is 38.9 Å². The first-order valence-electron chi connectivity index (χ1n) is 5.82. The summed E-state index contributed by atoms with van der Waals surface area (Å²) in [7, 11) is -2.36. The maximum Gasteiger partial charge on any atom is 0.255 e. The van der Waals surface area contributed by atoms with Gasteiger partial charge in [-0.05, 0) is 6.92 Å². The number of sulfonamides is 1. The topological polar surface area (TPSA) is 88.6 Å². The lowest BCUT2D eigenvalue weighted by Gasteiger charge is -2.32. The minimum atomic E-state index is -3.81. The summed E-state index contributed by atoms with van der Waals surface area (Å²) in [5.74, 6) is -0.401. The first-order valence-corrected chi connectivity index (χ1v) is 8.45. The van der Waals surface area contributed by atoms with Gasteiger partial charge in [0.05, 0.1) is 18.9 Å². The molecule has 0 aromatic carbocycles. The normalized spacial score (nSPS) is 20.9. The number of carbonyl (C=O) groups is 1. The van der Waals surface area contributed by atoms with Crippen molar-refractivity contribution in [2.24, 2.45) is 0 Å². The number of nitrogens with one attached hydrogen (secondary N) is 1. The average molecular weight is 340 g/mol. The number of aryl methyl sites for hydroxylation is 1. The third-order valence-corrected chi connectivity index (χ3v) is 6.66. The van der Waals surface area contributed by atoms with Crippen LogP contribution in [-0.2, 0) is 19.6 Å². The zero-order valence-corrected chi connectivity index (χ0v) is 13.3. The molecule has 1 aromatic rings. The molecule has 2 heterocycles. The van der Waals surface area contributed by atoms with E-state index in [1.807, 2.05) is 0 Å². The van der Waals surface area contributed by atoms with Crippen LogP contribution in [0, 0.1) is 6.92 Å². The molecule has 7 nitrogen and oxygen atoms in total. The van der Waals surface area contributed by atoms with Gasteiger partial charge in [0, 0.05) is 13.6 Å². The molecule has 1 aliphatic rings. The van der Waals surface area contributed by atoms with Gasteiger partial charge in [0.15, 0.2) is 8.68 Å². The van der Waals surface area contributed by atoms with Crippen molar-refractivity contribution in [2.45, 2.75) is 17.2 Å². The van der Waals surface area contributed by atoms with Crippen LogP contribution >= 0.6 is 22.9 Å². The van der Waals surface area contributed by atoms with E-state index in [0.29, 0.717) is 5.69 Å².